The SMILES string of the molecule is CC(=O)N1CCC[C@H]1C(=O)N[C@@H](CC(C)C)C(=O)N[C@@H](Cc1cncn1C(C)c1ccccc1)C(=O)N[C@@H](CO)C(=O)N[C@H](C(N)=O)[C@@H]1CC(O)=NO1. The van der Waals surface area contributed by atoms with Gasteiger partial charge in [-0.15, -0.1) is 0 Å². The van der Waals surface area contributed by atoms with Crippen LogP contribution in [0.1, 0.15) is 70.7 Å². The van der Waals surface area contributed by atoms with E-state index in [1.54, 1.807) is 12.5 Å². The van der Waals surface area contributed by atoms with Crippen LogP contribution in [0.3, 0.4) is 0 Å². The molecule has 18 nitrogen and oxygen atoms in total. The fraction of sp³-hybridized carbons (Fsp3) is 0.543. The van der Waals surface area contributed by atoms with Gasteiger partial charge < -0.3 is 51.5 Å². The van der Waals surface area contributed by atoms with Gasteiger partial charge in [0.1, 0.15) is 30.2 Å². The molecule has 18 heteroatoms. The van der Waals surface area contributed by atoms with Gasteiger partial charge in [-0.05, 0) is 37.7 Å². The highest BCUT2D eigenvalue weighted by molar-refractivity contribution is 5.96. The van der Waals surface area contributed by atoms with Crippen molar-refractivity contribution in [3.63, 3.8) is 0 Å². The molecular formula is C35H49N9O9. The molecule has 3 heterocycles. The lowest BCUT2D eigenvalue weighted by molar-refractivity contribution is -0.139. The highest BCUT2D eigenvalue weighted by Crippen LogP contribution is 2.21. The molecule has 1 saturated heterocycles. The van der Waals surface area contributed by atoms with Crippen molar-refractivity contribution < 1.29 is 43.8 Å². The molecule has 0 radical (unpaired) electrons. The Morgan fingerprint density at radius 3 is 2.23 bits per heavy atom. The molecule has 2 aromatic rings. The zero-order valence-corrected chi connectivity index (χ0v) is 30.2. The second-order valence-electron chi connectivity index (χ2n) is 13.7. The van der Waals surface area contributed by atoms with Gasteiger partial charge in [-0.2, -0.15) is 0 Å². The van der Waals surface area contributed by atoms with Crippen LogP contribution < -0.4 is 27.0 Å². The van der Waals surface area contributed by atoms with Crippen molar-refractivity contribution in [3.05, 3.63) is 54.1 Å². The number of nitrogens with two attached hydrogens (primary N) is 1. The van der Waals surface area contributed by atoms with E-state index in [-0.39, 0.29) is 37.1 Å². The molecule has 0 saturated carbocycles. The predicted octanol–water partition coefficient (Wildman–Crippen LogP) is -0.831. The minimum Gasteiger partial charge on any atom is -0.494 e. The summed E-state index contributed by atoms with van der Waals surface area (Å²) in [5, 5.41) is 33.4. The van der Waals surface area contributed by atoms with Crippen LogP contribution >= 0.6 is 0 Å². The summed E-state index contributed by atoms with van der Waals surface area (Å²) in [5.74, 6) is -4.76. The standard InChI is InChI=1S/C35H49N9O9/c1-19(2)13-24(39-35(52)27-11-8-12-43(27)21(4)46)32(49)38-25(14-23-16-37-18-44(23)20(3)22-9-6-5-7-10-22)33(50)40-26(17-45)34(51)41-30(31(36)48)28-15-29(47)42-53-28/h5-7,9-10,16,18-20,24-28,30,45H,8,11-15,17H2,1-4H3,(H2,36,48)(H,38,49)(H,39,52)(H,40,50)(H,41,51)(H,42,47)/t20?,24-,25-,26-,27-,28-,30-/m0/s1. The number of carbonyl (C=O) groups is 6. The Morgan fingerprint density at radius 1 is 0.962 bits per heavy atom. The number of aliphatic hydroxyl groups is 2. The molecule has 0 aliphatic carbocycles. The van der Waals surface area contributed by atoms with Crippen LogP contribution in [0.15, 0.2) is 48.0 Å². The predicted molar refractivity (Wildman–Crippen MR) is 190 cm³/mol. The summed E-state index contributed by atoms with van der Waals surface area (Å²) in [5.41, 5.74) is 6.95. The lowest BCUT2D eigenvalue weighted by Crippen LogP contribution is -2.61. The maximum atomic E-state index is 14.0. The molecular weight excluding hydrogens is 690 g/mol. The number of primary amides is 1. The molecule has 1 aromatic carbocycles. The zero-order chi connectivity index (χ0) is 38.8. The topological polar surface area (TPSA) is 260 Å². The smallest absolute Gasteiger partial charge is 0.245 e. The average molecular weight is 740 g/mol. The van der Waals surface area contributed by atoms with E-state index in [0.29, 0.717) is 25.1 Å². The first kappa shape index (κ1) is 40.3. The van der Waals surface area contributed by atoms with E-state index >= 15 is 0 Å². The third kappa shape index (κ3) is 10.5. The largest absolute Gasteiger partial charge is 0.494 e. The number of likely N-dealkylation sites (tertiary alicyclic amines) is 1. The number of aliphatic hydroxyl groups excluding tert-OH is 2. The van der Waals surface area contributed by atoms with Crippen molar-refractivity contribution in [1.82, 2.24) is 35.7 Å². The van der Waals surface area contributed by atoms with Crippen LogP contribution in [0, 0.1) is 5.92 Å². The Labute approximate surface area is 306 Å². The maximum Gasteiger partial charge on any atom is 0.245 e. The van der Waals surface area contributed by atoms with Crippen LogP contribution in [0.4, 0.5) is 0 Å². The van der Waals surface area contributed by atoms with E-state index in [9.17, 15) is 39.0 Å². The number of aromatic nitrogens is 2. The highest BCUT2D eigenvalue weighted by Gasteiger charge is 2.38. The molecule has 1 aromatic heterocycles. The summed E-state index contributed by atoms with van der Waals surface area (Å²) in [6.45, 7) is 6.58. The number of rotatable bonds is 17. The van der Waals surface area contributed by atoms with Gasteiger partial charge in [0.15, 0.2) is 6.10 Å². The Bertz CT molecular complexity index is 1660. The van der Waals surface area contributed by atoms with Crippen LogP contribution in [0.2, 0.25) is 0 Å². The maximum absolute atomic E-state index is 14.0. The van der Waals surface area contributed by atoms with Crippen molar-refractivity contribution in [3.8, 4) is 0 Å². The van der Waals surface area contributed by atoms with Crippen molar-refractivity contribution in [1.29, 1.82) is 0 Å². The third-order valence-electron chi connectivity index (χ3n) is 9.26. The van der Waals surface area contributed by atoms with Crippen LogP contribution in [0.5, 0.6) is 0 Å². The summed E-state index contributed by atoms with van der Waals surface area (Å²) < 4.78 is 1.83. The molecule has 288 valence electrons. The first-order chi connectivity index (χ1) is 25.2. The molecule has 7 atom stereocenters. The summed E-state index contributed by atoms with van der Waals surface area (Å²) in [6.07, 6.45) is 2.98. The van der Waals surface area contributed by atoms with Crippen LogP contribution in [-0.4, -0.2) is 115 Å². The van der Waals surface area contributed by atoms with Gasteiger partial charge in [0, 0.05) is 31.8 Å². The Balaban J connectivity index is 1.58. The van der Waals surface area contributed by atoms with Crippen LogP contribution in [0.25, 0.3) is 0 Å². The molecule has 2 aliphatic rings. The van der Waals surface area contributed by atoms with Gasteiger partial charge in [0.25, 0.3) is 0 Å². The summed E-state index contributed by atoms with van der Waals surface area (Å²) in [7, 11) is 0. The number of carbonyl (C=O) groups excluding carboxylic acids is 6. The Hall–Kier alpha value is -5.52. The summed E-state index contributed by atoms with van der Waals surface area (Å²) >= 11 is 0. The number of hydrogen-bond donors (Lipinski definition) is 7. The Morgan fingerprint density at radius 2 is 1.62 bits per heavy atom. The summed E-state index contributed by atoms with van der Waals surface area (Å²) in [4.78, 5) is 89.6. The average Bonchev–Trinajstić information content (AvgIpc) is 3.90. The normalized spacial score (nSPS) is 19.6. The lowest BCUT2D eigenvalue weighted by atomic mass is 10.0. The van der Waals surface area contributed by atoms with E-state index in [1.165, 1.54) is 11.8 Å². The zero-order valence-electron chi connectivity index (χ0n) is 30.2. The Kier molecular flexibility index (Phi) is 13.9. The second-order valence-corrected chi connectivity index (χ2v) is 13.7. The number of hydrogen-bond acceptors (Lipinski definition) is 10. The van der Waals surface area contributed by atoms with Crippen molar-refractivity contribution in [2.45, 2.75) is 102 Å². The molecule has 8 N–H and O–H groups in total. The van der Waals surface area contributed by atoms with Gasteiger partial charge in [-0.25, -0.2) is 4.98 Å². The van der Waals surface area contributed by atoms with Gasteiger partial charge >= 0.3 is 0 Å². The van der Waals surface area contributed by atoms with Crippen molar-refractivity contribution in [2.24, 2.45) is 16.8 Å². The van der Waals surface area contributed by atoms with Gasteiger partial charge in [0.05, 0.1) is 25.4 Å². The first-order valence-corrected chi connectivity index (χ1v) is 17.6. The third-order valence-corrected chi connectivity index (χ3v) is 9.26. The molecule has 0 bridgehead atoms. The number of amides is 6. The summed E-state index contributed by atoms with van der Waals surface area (Å²) in [6, 6.07) is 3.06. The molecule has 1 fully saturated rings. The van der Waals surface area contributed by atoms with E-state index in [4.69, 9.17) is 10.6 Å². The molecule has 53 heavy (non-hydrogen) atoms. The molecule has 0 spiro atoms. The van der Waals surface area contributed by atoms with Gasteiger partial charge in [0.2, 0.25) is 41.3 Å². The van der Waals surface area contributed by atoms with E-state index in [2.05, 4.69) is 31.4 Å². The highest BCUT2D eigenvalue weighted by atomic mass is 16.7. The van der Waals surface area contributed by atoms with Gasteiger partial charge in [-0.3, -0.25) is 28.8 Å². The van der Waals surface area contributed by atoms with Crippen molar-refractivity contribution >= 4 is 41.3 Å². The minimum absolute atomic E-state index is 0.0594. The minimum atomic E-state index is -1.61. The molecule has 1 unspecified atom stereocenters. The fourth-order valence-corrected chi connectivity index (χ4v) is 6.44. The monoisotopic (exact) mass is 739 g/mol. The van der Waals surface area contributed by atoms with E-state index in [0.717, 1.165) is 5.56 Å². The molecule has 6 amide bonds. The lowest BCUT2D eigenvalue weighted by Gasteiger charge is -2.28. The van der Waals surface area contributed by atoms with Crippen molar-refractivity contribution in [2.75, 3.05) is 13.2 Å². The number of nitrogens with one attached hydrogen (secondary N) is 4. The fourth-order valence-electron chi connectivity index (χ4n) is 6.44. The number of nitrogens with zero attached hydrogens (tertiary/aromatic N) is 4. The number of oxime groups is 1. The number of imidazole rings is 1. The molecule has 2 aliphatic heterocycles. The molecule has 4 rings (SSSR count). The first-order valence-electron chi connectivity index (χ1n) is 17.6. The number of benzene rings is 1. The van der Waals surface area contributed by atoms with E-state index in [1.807, 2.05) is 55.7 Å². The van der Waals surface area contributed by atoms with Gasteiger partial charge in [-0.1, -0.05) is 49.3 Å². The van der Waals surface area contributed by atoms with E-state index < -0.39 is 78.4 Å². The van der Waals surface area contributed by atoms with Crippen LogP contribution in [-0.2, 0) is 40.0 Å². The second kappa shape index (κ2) is 18.3. The quantitative estimate of drug-likeness (QED) is 0.106.